The Labute approximate surface area is 171 Å². The van der Waals surface area contributed by atoms with Gasteiger partial charge in [0.2, 0.25) is 5.69 Å². The number of carbonyl (C=O) groups excluding carboxylic acids is 1. The van der Waals surface area contributed by atoms with Crippen molar-refractivity contribution in [3.63, 3.8) is 0 Å². The molecule has 0 spiro atoms. The van der Waals surface area contributed by atoms with E-state index in [4.69, 9.17) is 4.74 Å². The Hall–Kier alpha value is -2.93. The molecule has 1 aromatic heterocycles. The van der Waals surface area contributed by atoms with Crippen LogP contribution in [0.1, 0.15) is 24.5 Å². The van der Waals surface area contributed by atoms with Crippen LogP contribution in [0.25, 0.3) is 10.9 Å². The molecule has 2 aromatic carbocycles. The zero-order valence-electron chi connectivity index (χ0n) is 16.9. The largest absolute Gasteiger partial charge is 0.466 e. The molecule has 29 heavy (non-hydrogen) atoms. The van der Waals surface area contributed by atoms with Crippen LogP contribution < -0.4 is 0 Å². The smallest absolute Gasteiger partial charge is 0.306 e. The molecule has 0 N–H and O–H groups in total. The SMILES string of the molecule is C=[N+](C)c1ccc(CCC(=O)OCC)c2ccn(S(=O)(=O)c3ccc(C)cc3)c12. The minimum Gasteiger partial charge on any atom is -0.466 e. The molecular formula is C22H25N2O4S+. The van der Waals surface area contributed by atoms with Crippen LogP contribution in [0.2, 0.25) is 0 Å². The molecule has 3 aromatic rings. The Balaban J connectivity index is 2.14. The zero-order valence-corrected chi connectivity index (χ0v) is 17.7. The van der Waals surface area contributed by atoms with Crippen LogP contribution in [-0.4, -0.2) is 43.3 Å². The Morgan fingerprint density at radius 2 is 1.83 bits per heavy atom. The van der Waals surface area contributed by atoms with Crippen LogP contribution in [0.5, 0.6) is 0 Å². The molecule has 0 atom stereocenters. The lowest BCUT2D eigenvalue weighted by Gasteiger charge is -2.11. The fourth-order valence-electron chi connectivity index (χ4n) is 3.29. The van der Waals surface area contributed by atoms with Gasteiger partial charge in [0.05, 0.1) is 11.5 Å². The molecule has 0 aliphatic rings. The number of carbonyl (C=O) groups is 1. The van der Waals surface area contributed by atoms with Crippen molar-refractivity contribution in [2.75, 3.05) is 13.7 Å². The van der Waals surface area contributed by atoms with Gasteiger partial charge < -0.3 is 4.74 Å². The van der Waals surface area contributed by atoms with Crippen LogP contribution >= 0.6 is 0 Å². The Kier molecular flexibility index (Phi) is 5.88. The molecule has 0 saturated carbocycles. The van der Waals surface area contributed by atoms with Gasteiger partial charge in [-0.2, -0.15) is 0 Å². The van der Waals surface area contributed by atoms with Crippen molar-refractivity contribution in [2.45, 2.75) is 31.6 Å². The minimum absolute atomic E-state index is 0.218. The summed E-state index contributed by atoms with van der Waals surface area (Å²) in [5.74, 6) is -0.272. The molecule has 0 amide bonds. The van der Waals surface area contributed by atoms with Crippen molar-refractivity contribution in [1.82, 2.24) is 3.97 Å². The molecule has 3 rings (SSSR count). The quantitative estimate of drug-likeness (QED) is 0.337. The average Bonchev–Trinajstić information content (AvgIpc) is 3.12. The summed E-state index contributed by atoms with van der Waals surface area (Å²) in [7, 11) is -2.01. The van der Waals surface area contributed by atoms with E-state index in [2.05, 4.69) is 6.72 Å². The van der Waals surface area contributed by atoms with E-state index in [1.54, 1.807) is 55.1 Å². The maximum absolute atomic E-state index is 13.3. The van der Waals surface area contributed by atoms with Crippen molar-refractivity contribution in [2.24, 2.45) is 0 Å². The average molecular weight is 414 g/mol. The molecule has 0 aliphatic carbocycles. The van der Waals surface area contributed by atoms with Gasteiger partial charge in [-0.3, -0.25) is 4.79 Å². The van der Waals surface area contributed by atoms with E-state index >= 15 is 0 Å². The van der Waals surface area contributed by atoms with E-state index in [-0.39, 0.29) is 17.3 Å². The van der Waals surface area contributed by atoms with Gasteiger partial charge in [0.15, 0.2) is 0 Å². The summed E-state index contributed by atoms with van der Waals surface area (Å²) in [6.45, 7) is 7.94. The minimum atomic E-state index is -3.78. The fraction of sp³-hybridized carbons (Fsp3) is 0.273. The molecule has 0 radical (unpaired) electrons. The van der Waals surface area contributed by atoms with Crippen LogP contribution in [-0.2, 0) is 26.0 Å². The summed E-state index contributed by atoms with van der Waals surface area (Å²) in [5.41, 5.74) is 3.10. The number of fused-ring (bicyclic) bond motifs is 1. The maximum atomic E-state index is 13.3. The number of aryl methyl sites for hydroxylation is 2. The highest BCUT2D eigenvalue weighted by Gasteiger charge is 2.24. The number of hydrogen-bond donors (Lipinski definition) is 0. The summed E-state index contributed by atoms with van der Waals surface area (Å²) in [4.78, 5) is 12.0. The molecule has 6 nitrogen and oxygen atoms in total. The monoisotopic (exact) mass is 413 g/mol. The van der Waals surface area contributed by atoms with Gasteiger partial charge >= 0.3 is 5.97 Å². The van der Waals surface area contributed by atoms with Crippen molar-refractivity contribution in [1.29, 1.82) is 0 Å². The van der Waals surface area contributed by atoms with E-state index in [0.29, 0.717) is 24.2 Å². The van der Waals surface area contributed by atoms with E-state index in [1.807, 2.05) is 19.1 Å². The Morgan fingerprint density at radius 3 is 2.45 bits per heavy atom. The lowest BCUT2D eigenvalue weighted by Crippen LogP contribution is -2.13. The number of esters is 1. The molecule has 7 heteroatoms. The standard InChI is InChI=1S/C22H25N2O4S/c1-5-28-21(25)13-9-17-8-12-20(23(3)4)22-19(17)14-15-24(22)29(26,27)18-10-6-16(2)7-11-18/h6-8,10-12,14-15H,3,5,9,13H2,1-2,4H3/q+1. The first-order chi connectivity index (χ1) is 13.8. The van der Waals surface area contributed by atoms with Gasteiger partial charge in [-0.25, -0.2) is 17.0 Å². The first-order valence-electron chi connectivity index (χ1n) is 9.40. The van der Waals surface area contributed by atoms with Crippen molar-refractivity contribution in [3.05, 3.63) is 59.8 Å². The highest BCUT2D eigenvalue weighted by molar-refractivity contribution is 7.90. The highest BCUT2D eigenvalue weighted by atomic mass is 32.2. The third-order valence-electron chi connectivity index (χ3n) is 4.78. The number of nitrogens with zero attached hydrogens (tertiary/aromatic N) is 2. The Morgan fingerprint density at radius 1 is 1.14 bits per heavy atom. The van der Waals surface area contributed by atoms with Crippen LogP contribution in [0, 0.1) is 6.92 Å². The van der Waals surface area contributed by atoms with Gasteiger partial charge in [0.1, 0.15) is 19.3 Å². The van der Waals surface area contributed by atoms with Gasteiger partial charge in [0, 0.05) is 24.1 Å². The van der Waals surface area contributed by atoms with E-state index in [9.17, 15) is 13.2 Å². The summed E-state index contributed by atoms with van der Waals surface area (Å²) in [6, 6.07) is 12.3. The van der Waals surface area contributed by atoms with E-state index < -0.39 is 10.0 Å². The second kappa shape index (κ2) is 8.21. The van der Waals surface area contributed by atoms with Crippen LogP contribution in [0.3, 0.4) is 0 Å². The topological polar surface area (TPSA) is 68.4 Å². The first kappa shape index (κ1) is 20.8. The second-order valence-electron chi connectivity index (χ2n) is 6.94. The molecule has 152 valence electrons. The van der Waals surface area contributed by atoms with Crippen molar-refractivity contribution in [3.8, 4) is 0 Å². The highest BCUT2D eigenvalue weighted by Crippen LogP contribution is 2.32. The summed E-state index contributed by atoms with van der Waals surface area (Å²) in [6.07, 6.45) is 2.25. The van der Waals surface area contributed by atoms with Crippen LogP contribution in [0.4, 0.5) is 5.69 Å². The fourth-order valence-corrected chi connectivity index (χ4v) is 4.65. The second-order valence-corrected chi connectivity index (χ2v) is 8.75. The first-order valence-corrected chi connectivity index (χ1v) is 10.8. The lowest BCUT2D eigenvalue weighted by molar-refractivity contribution is -0.393. The van der Waals surface area contributed by atoms with Gasteiger partial charge in [-0.15, -0.1) is 0 Å². The van der Waals surface area contributed by atoms with Crippen LogP contribution in [0.15, 0.2) is 53.6 Å². The normalized spacial score (nSPS) is 11.6. The lowest BCUT2D eigenvalue weighted by atomic mass is 10.0. The number of benzene rings is 2. The predicted molar refractivity (Wildman–Crippen MR) is 114 cm³/mol. The predicted octanol–water partition coefficient (Wildman–Crippen LogP) is 3.66. The maximum Gasteiger partial charge on any atom is 0.306 e. The molecule has 0 fully saturated rings. The number of ether oxygens (including phenoxy) is 1. The third-order valence-corrected chi connectivity index (χ3v) is 6.47. The summed E-state index contributed by atoms with van der Waals surface area (Å²) in [5, 5.41) is 0.776. The number of hydrogen-bond acceptors (Lipinski definition) is 4. The number of aromatic nitrogens is 1. The van der Waals surface area contributed by atoms with Crippen molar-refractivity contribution >= 4 is 39.3 Å². The Bertz CT molecular complexity index is 1180. The molecule has 0 saturated heterocycles. The van der Waals surface area contributed by atoms with E-state index in [1.165, 1.54) is 3.97 Å². The van der Waals surface area contributed by atoms with Gasteiger partial charge in [0.25, 0.3) is 10.0 Å². The summed E-state index contributed by atoms with van der Waals surface area (Å²) < 4.78 is 34.5. The van der Waals surface area contributed by atoms with Crippen molar-refractivity contribution < 1.29 is 22.5 Å². The zero-order chi connectivity index (χ0) is 21.2. The third kappa shape index (κ3) is 4.10. The van der Waals surface area contributed by atoms with E-state index in [0.717, 1.165) is 16.5 Å². The molecule has 0 unspecified atom stereocenters. The molecule has 1 heterocycles. The molecule has 0 aliphatic heterocycles. The molecule has 0 bridgehead atoms. The number of rotatable bonds is 7. The molecular weight excluding hydrogens is 388 g/mol. The summed E-state index contributed by atoms with van der Waals surface area (Å²) >= 11 is 0. The van der Waals surface area contributed by atoms with Gasteiger partial charge in [-0.05, 0) is 44.0 Å². The van der Waals surface area contributed by atoms with Gasteiger partial charge in [-0.1, -0.05) is 23.8 Å².